The molecule has 0 aliphatic rings. The highest BCUT2D eigenvalue weighted by Crippen LogP contribution is 2.24. The predicted molar refractivity (Wildman–Crippen MR) is 49.0 cm³/mol. The second-order valence-corrected chi connectivity index (χ2v) is 3.46. The third kappa shape index (κ3) is 1.10. The minimum atomic E-state index is -0.167. The number of aryl methyl sites for hydroxylation is 1. The van der Waals surface area contributed by atoms with Crippen molar-refractivity contribution in [3.05, 3.63) is 29.7 Å². The molecule has 0 N–H and O–H groups in total. The number of halogens is 1. The van der Waals surface area contributed by atoms with Gasteiger partial charge in [-0.3, -0.25) is 0 Å². The van der Waals surface area contributed by atoms with E-state index in [9.17, 15) is 4.39 Å². The molecule has 2 rings (SSSR count). The van der Waals surface area contributed by atoms with Gasteiger partial charge in [0, 0.05) is 11.6 Å². The molecule has 0 fully saturated rings. The molecule has 0 radical (unpaired) electrons. The van der Waals surface area contributed by atoms with E-state index >= 15 is 0 Å². The monoisotopic (exact) mass is 181 g/mol. The van der Waals surface area contributed by atoms with Gasteiger partial charge in [-0.2, -0.15) is 4.37 Å². The van der Waals surface area contributed by atoms with E-state index in [1.54, 1.807) is 12.3 Å². The summed E-state index contributed by atoms with van der Waals surface area (Å²) >= 11 is 1.43. The fourth-order valence-electron chi connectivity index (χ4n) is 1.28. The average Bonchev–Trinajstić information content (AvgIpc) is 2.50. The smallest absolute Gasteiger partial charge is 0.124 e. The third-order valence-corrected chi connectivity index (χ3v) is 2.77. The molecule has 12 heavy (non-hydrogen) atoms. The van der Waals surface area contributed by atoms with E-state index in [0.717, 1.165) is 22.1 Å². The fraction of sp³-hybridized carbons (Fsp3) is 0.222. The molecule has 1 nitrogen and oxygen atoms in total. The van der Waals surface area contributed by atoms with E-state index < -0.39 is 0 Å². The largest absolute Gasteiger partial charge is 0.207 e. The first kappa shape index (κ1) is 7.68. The van der Waals surface area contributed by atoms with E-state index in [2.05, 4.69) is 4.37 Å². The van der Waals surface area contributed by atoms with Gasteiger partial charge in [0.2, 0.25) is 0 Å². The van der Waals surface area contributed by atoms with Crippen LogP contribution in [-0.2, 0) is 6.42 Å². The van der Waals surface area contributed by atoms with Crippen molar-refractivity contribution in [2.75, 3.05) is 0 Å². The van der Waals surface area contributed by atoms with Crippen molar-refractivity contribution in [1.29, 1.82) is 0 Å². The van der Waals surface area contributed by atoms with Gasteiger partial charge in [-0.25, -0.2) is 4.39 Å². The van der Waals surface area contributed by atoms with Crippen LogP contribution < -0.4 is 0 Å². The molecular formula is C9H8FNS. The lowest BCUT2D eigenvalue weighted by Gasteiger charge is -1.97. The number of fused-ring (bicyclic) bond motifs is 1. The molecule has 1 heterocycles. The van der Waals surface area contributed by atoms with Crippen molar-refractivity contribution in [3.8, 4) is 0 Å². The van der Waals surface area contributed by atoms with Crippen molar-refractivity contribution in [2.24, 2.45) is 0 Å². The Kier molecular flexibility index (Phi) is 1.81. The molecule has 3 heteroatoms. The average molecular weight is 181 g/mol. The summed E-state index contributed by atoms with van der Waals surface area (Å²) in [5.74, 6) is -0.167. The number of rotatable bonds is 1. The normalized spacial score (nSPS) is 10.8. The maximum atomic E-state index is 12.9. The number of aromatic nitrogens is 1. The Balaban J connectivity index is 2.80. The number of nitrogens with zero attached hydrogens (tertiary/aromatic N) is 1. The summed E-state index contributed by atoms with van der Waals surface area (Å²) in [5, 5.41) is 0.914. The molecule has 0 aliphatic heterocycles. The number of benzene rings is 1. The SMILES string of the molecule is CCc1cc(F)cc2cnsc12. The highest BCUT2D eigenvalue weighted by molar-refractivity contribution is 7.13. The van der Waals surface area contributed by atoms with Gasteiger partial charge in [-0.1, -0.05) is 6.92 Å². The summed E-state index contributed by atoms with van der Waals surface area (Å²) in [7, 11) is 0. The molecular weight excluding hydrogens is 173 g/mol. The van der Waals surface area contributed by atoms with Crippen LogP contribution in [0.4, 0.5) is 4.39 Å². The van der Waals surface area contributed by atoms with Crippen LogP contribution in [0.2, 0.25) is 0 Å². The van der Waals surface area contributed by atoms with Crippen LogP contribution in [0.25, 0.3) is 10.1 Å². The van der Waals surface area contributed by atoms with Crippen LogP contribution in [0, 0.1) is 5.82 Å². The van der Waals surface area contributed by atoms with Crippen molar-refractivity contribution in [2.45, 2.75) is 13.3 Å². The Bertz CT molecular complexity index is 408. The maximum Gasteiger partial charge on any atom is 0.124 e. The quantitative estimate of drug-likeness (QED) is 0.659. The van der Waals surface area contributed by atoms with Gasteiger partial charge in [-0.15, -0.1) is 0 Å². The van der Waals surface area contributed by atoms with Crippen LogP contribution in [0.5, 0.6) is 0 Å². The van der Waals surface area contributed by atoms with Crippen molar-refractivity contribution in [1.82, 2.24) is 4.37 Å². The first-order valence-electron chi connectivity index (χ1n) is 3.84. The summed E-state index contributed by atoms with van der Waals surface area (Å²) in [6, 6.07) is 3.11. The summed E-state index contributed by atoms with van der Waals surface area (Å²) in [6.07, 6.45) is 2.57. The Morgan fingerprint density at radius 3 is 3.08 bits per heavy atom. The highest BCUT2D eigenvalue weighted by Gasteiger charge is 2.03. The molecule has 62 valence electrons. The van der Waals surface area contributed by atoms with Gasteiger partial charge in [0.25, 0.3) is 0 Å². The first-order chi connectivity index (χ1) is 5.81. The van der Waals surface area contributed by atoms with Gasteiger partial charge in [0.1, 0.15) is 5.82 Å². The van der Waals surface area contributed by atoms with Gasteiger partial charge >= 0.3 is 0 Å². The van der Waals surface area contributed by atoms with Crippen molar-refractivity contribution < 1.29 is 4.39 Å². The van der Waals surface area contributed by atoms with Crippen molar-refractivity contribution >= 4 is 21.6 Å². The molecule has 1 aromatic carbocycles. The van der Waals surface area contributed by atoms with Crippen LogP contribution >= 0.6 is 11.5 Å². The van der Waals surface area contributed by atoms with E-state index in [1.165, 1.54) is 17.6 Å². The highest BCUT2D eigenvalue weighted by atomic mass is 32.1. The Morgan fingerprint density at radius 1 is 1.50 bits per heavy atom. The lowest BCUT2D eigenvalue weighted by molar-refractivity contribution is 0.628. The van der Waals surface area contributed by atoms with Crippen LogP contribution in [0.1, 0.15) is 12.5 Å². The van der Waals surface area contributed by atoms with E-state index in [4.69, 9.17) is 0 Å². The van der Waals surface area contributed by atoms with Gasteiger partial charge in [-0.05, 0) is 35.6 Å². The van der Waals surface area contributed by atoms with Gasteiger partial charge in [0.05, 0.1) is 4.70 Å². The van der Waals surface area contributed by atoms with Crippen LogP contribution in [0.15, 0.2) is 18.3 Å². The van der Waals surface area contributed by atoms with Crippen LogP contribution in [0.3, 0.4) is 0 Å². The lowest BCUT2D eigenvalue weighted by Crippen LogP contribution is -1.82. The molecule has 0 saturated carbocycles. The maximum absolute atomic E-state index is 12.9. The minimum Gasteiger partial charge on any atom is -0.207 e. The van der Waals surface area contributed by atoms with Crippen LogP contribution in [-0.4, -0.2) is 4.37 Å². The van der Waals surface area contributed by atoms with Gasteiger partial charge in [0.15, 0.2) is 0 Å². The summed E-state index contributed by atoms with van der Waals surface area (Å²) in [6.45, 7) is 2.02. The summed E-state index contributed by atoms with van der Waals surface area (Å²) in [5.41, 5.74) is 1.05. The van der Waals surface area contributed by atoms with E-state index in [0.29, 0.717) is 0 Å². The fourth-order valence-corrected chi connectivity index (χ4v) is 2.09. The Labute approximate surface area is 74.0 Å². The molecule has 0 bridgehead atoms. The molecule has 2 aromatic rings. The molecule has 0 spiro atoms. The standard InChI is InChI=1S/C9H8FNS/c1-2-6-3-8(10)4-7-5-11-12-9(6)7/h3-5H,2H2,1H3. The third-order valence-electron chi connectivity index (χ3n) is 1.88. The van der Waals surface area contributed by atoms with E-state index in [1.807, 2.05) is 6.92 Å². The Hall–Kier alpha value is -0.960. The lowest BCUT2D eigenvalue weighted by atomic mass is 10.1. The molecule has 0 unspecified atom stereocenters. The molecule has 0 amide bonds. The molecule has 0 saturated heterocycles. The topological polar surface area (TPSA) is 12.9 Å². The molecule has 0 atom stereocenters. The minimum absolute atomic E-state index is 0.167. The Morgan fingerprint density at radius 2 is 2.33 bits per heavy atom. The zero-order valence-corrected chi connectivity index (χ0v) is 7.49. The zero-order valence-electron chi connectivity index (χ0n) is 6.67. The second kappa shape index (κ2) is 2.83. The van der Waals surface area contributed by atoms with Gasteiger partial charge < -0.3 is 0 Å². The molecule has 1 aromatic heterocycles. The summed E-state index contributed by atoms with van der Waals surface area (Å²) < 4.78 is 18.1. The second-order valence-electron chi connectivity index (χ2n) is 2.66. The number of hydrogen-bond donors (Lipinski definition) is 0. The first-order valence-corrected chi connectivity index (χ1v) is 4.61. The predicted octanol–water partition coefficient (Wildman–Crippen LogP) is 3.00. The molecule has 0 aliphatic carbocycles. The van der Waals surface area contributed by atoms with E-state index in [-0.39, 0.29) is 5.82 Å². The summed E-state index contributed by atoms with van der Waals surface area (Å²) in [4.78, 5) is 0. The van der Waals surface area contributed by atoms with Crippen molar-refractivity contribution in [3.63, 3.8) is 0 Å². The number of hydrogen-bond acceptors (Lipinski definition) is 2. The zero-order chi connectivity index (χ0) is 8.55.